The molecule has 0 saturated heterocycles. The van der Waals surface area contributed by atoms with Crippen LogP contribution in [0.4, 0.5) is 4.79 Å². The fourth-order valence-corrected chi connectivity index (χ4v) is 3.33. The second-order valence-corrected chi connectivity index (χ2v) is 10.4. The fourth-order valence-electron chi connectivity index (χ4n) is 3.33. The van der Waals surface area contributed by atoms with Crippen molar-refractivity contribution in [2.45, 2.75) is 92.0 Å². The van der Waals surface area contributed by atoms with Gasteiger partial charge < -0.3 is 25.4 Å². The highest BCUT2D eigenvalue weighted by molar-refractivity contribution is 5.92. The number of nitrogens with zero attached hydrogens (tertiary/aromatic N) is 1. The molecule has 1 aromatic carbocycles. The summed E-state index contributed by atoms with van der Waals surface area (Å²) in [6, 6.07) is 4.41. The molecule has 0 heterocycles. The number of hydrogen-bond acceptors (Lipinski definition) is 5. The summed E-state index contributed by atoms with van der Waals surface area (Å²) in [5.41, 5.74) is -0.664. The van der Waals surface area contributed by atoms with E-state index in [0.717, 1.165) is 0 Å². The maximum Gasteiger partial charge on any atom is 0.408 e. The second kappa shape index (κ2) is 11.4. The fraction of sp³-hybridized carbons (Fsp3) is 0.640. The second-order valence-electron chi connectivity index (χ2n) is 10.4. The number of likely N-dealkylation sites (N-methyl/N-ethyl adjacent to an activating group) is 1. The van der Waals surface area contributed by atoms with Gasteiger partial charge in [-0.15, -0.1) is 0 Å². The van der Waals surface area contributed by atoms with Gasteiger partial charge in [-0.25, -0.2) is 4.79 Å². The Morgan fingerprint density at radius 1 is 1.03 bits per heavy atom. The van der Waals surface area contributed by atoms with Crippen molar-refractivity contribution in [3.05, 3.63) is 29.8 Å². The minimum absolute atomic E-state index is 0.0622. The molecule has 3 atom stereocenters. The Hall–Kier alpha value is -2.77. The van der Waals surface area contributed by atoms with E-state index in [4.69, 9.17) is 4.74 Å². The van der Waals surface area contributed by atoms with Gasteiger partial charge in [0.05, 0.1) is 0 Å². The average Bonchev–Trinajstić information content (AvgIpc) is 2.67. The van der Waals surface area contributed by atoms with Crippen LogP contribution in [0.1, 0.15) is 80.3 Å². The molecule has 0 aliphatic carbocycles. The third kappa shape index (κ3) is 8.94. The van der Waals surface area contributed by atoms with Crippen LogP contribution in [0.15, 0.2) is 24.3 Å². The topological polar surface area (TPSA) is 108 Å². The van der Waals surface area contributed by atoms with Crippen molar-refractivity contribution in [2.75, 3.05) is 6.54 Å². The van der Waals surface area contributed by atoms with E-state index in [1.165, 1.54) is 17.0 Å². The molecule has 0 aliphatic heterocycles. The van der Waals surface area contributed by atoms with Gasteiger partial charge in [0.15, 0.2) is 0 Å². The van der Waals surface area contributed by atoms with Crippen LogP contribution in [0.3, 0.4) is 0 Å². The number of ether oxygens (including phenoxy) is 1. The molecule has 8 heteroatoms. The molecule has 0 radical (unpaired) electrons. The molecule has 0 saturated carbocycles. The molecule has 0 aromatic heterocycles. The number of carbonyl (C=O) groups is 3. The van der Waals surface area contributed by atoms with Gasteiger partial charge in [0.2, 0.25) is 11.8 Å². The third-order valence-corrected chi connectivity index (χ3v) is 5.04. The summed E-state index contributed by atoms with van der Waals surface area (Å²) in [4.78, 5) is 41.0. The maximum atomic E-state index is 13.8. The van der Waals surface area contributed by atoms with Crippen molar-refractivity contribution < 1.29 is 24.2 Å². The predicted octanol–water partition coefficient (Wildman–Crippen LogP) is 4.14. The maximum absolute atomic E-state index is 13.8. The van der Waals surface area contributed by atoms with Crippen molar-refractivity contribution in [3.8, 4) is 5.75 Å². The Morgan fingerprint density at radius 2 is 1.58 bits per heavy atom. The number of nitrogens with one attached hydrogen (secondary N) is 2. The molecule has 0 spiro atoms. The SMILES string of the molecule is CCC(C)C(NC(=O)OC(C)(C)C)C(=O)N(CC)C(C(=O)NC(C)(C)C)c1ccc(O)cc1. The Bertz CT molecular complexity index is 809. The lowest BCUT2D eigenvalue weighted by atomic mass is 9.95. The summed E-state index contributed by atoms with van der Waals surface area (Å²) < 4.78 is 5.37. The molecule has 186 valence electrons. The number of aromatic hydroxyl groups is 1. The van der Waals surface area contributed by atoms with Crippen LogP contribution < -0.4 is 10.6 Å². The van der Waals surface area contributed by atoms with E-state index in [2.05, 4.69) is 10.6 Å². The van der Waals surface area contributed by atoms with Gasteiger partial charge in [0.1, 0.15) is 23.4 Å². The summed E-state index contributed by atoms with van der Waals surface area (Å²) in [5.74, 6) is -0.846. The van der Waals surface area contributed by atoms with Gasteiger partial charge in [0, 0.05) is 12.1 Å². The van der Waals surface area contributed by atoms with Crippen LogP contribution >= 0.6 is 0 Å². The van der Waals surface area contributed by atoms with Crippen molar-refractivity contribution in [1.29, 1.82) is 0 Å². The molecule has 33 heavy (non-hydrogen) atoms. The monoisotopic (exact) mass is 463 g/mol. The van der Waals surface area contributed by atoms with E-state index in [9.17, 15) is 19.5 Å². The first kappa shape index (κ1) is 28.3. The van der Waals surface area contributed by atoms with Crippen LogP contribution in [-0.4, -0.2) is 51.6 Å². The first-order chi connectivity index (χ1) is 15.1. The van der Waals surface area contributed by atoms with Crippen LogP contribution in [0.2, 0.25) is 0 Å². The quantitative estimate of drug-likeness (QED) is 0.537. The molecule has 3 amide bonds. The number of phenols is 1. The normalized spacial score (nSPS) is 14.6. The lowest BCUT2D eigenvalue weighted by Crippen LogP contribution is -2.56. The molecular formula is C25H41N3O5. The molecule has 1 rings (SSSR count). The summed E-state index contributed by atoms with van der Waals surface area (Å²) >= 11 is 0. The largest absolute Gasteiger partial charge is 0.508 e. The molecular weight excluding hydrogens is 422 g/mol. The van der Waals surface area contributed by atoms with Crippen molar-refractivity contribution in [1.82, 2.24) is 15.5 Å². The van der Waals surface area contributed by atoms with E-state index in [1.807, 2.05) is 34.6 Å². The Morgan fingerprint density at radius 3 is 2.00 bits per heavy atom. The van der Waals surface area contributed by atoms with Gasteiger partial charge in [-0.1, -0.05) is 32.4 Å². The van der Waals surface area contributed by atoms with Crippen molar-refractivity contribution >= 4 is 17.9 Å². The number of phenolic OH excluding ortho intramolecular Hbond substituents is 1. The number of hydrogen-bond donors (Lipinski definition) is 3. The van der Waals surface area contributed by atoms with Crippen molar-refractivity contribution in [3.63, 3.8) is 0 Å². The lowest BCUT2D eigenvalue weighted by Gasteiger charge is -2.36. The van der Waals surface area contributed by atoms with E-state index in [-0.39, 0.29) is 30.0 Å². The summed E-state index contributed by atoms with van der Waals surface area (Å²) in [6.45, 7) is 16.7. The van der Waals surface area contributed by atoms with E-state index in [1.54, 1.807) is 39.8 Å². The first-order valence-electron chi connectivity index (χ1n) is 11.5. The molecule has 0 aliphatic rings. The van der Waals surface area contributed by atoms with Crippen LogP contribution in [0, 0.1) is 5.92 Å². The number of rotatable bonds is 8. The van der Waals surface area contributed by atoms with Gasteiger partial charge in [-0.05, 0) is 72.1 Å². The number of benzene rings is 1. The molecule has 8 nitrogen and oxygen atoms in total. The van der Waals surface area contributed by atoms with E-state index in [0.29, 0.717) is 12.0 Å². The van der Waals surface area contributed by atoms with Crippen LogP contribution in [0.25, 0.3) is 0 Å². The molecule has 0 bridgehead atoms. The van der Waals surface area contributed by atoms with Gasteiger partial charge in [0.25, 0.3) is 0 Å². The Kier molecular flexibility index (Phi) is 9.75. The molecule has 3 N–H and O–H groups in total. The van der Waals surface area contributed by atoms with Crippen LogP contribution in [0.5, 0.6) is 5.75 Å². The summed E-state index contributed by atoms with van der Waals surface area (Å²) in [6.07, 6.45) is -0.0421. The number of carbonyl (C=O) groups excluding carboxylic acids is 3. The average molecular weight is 464 g/mol. The van der Waals surface area contributed by atoms with Gasteiger partial charge >= 0.3 is 6.09 Å². The van der Waals surface area contributed by atoms with Crippen molar-refractivity contribution in [2.24, 2.45) is 5.92 Å². The van der Waals surface area contributed by atoms with Gasteiger partial charge in [-0.2, -0.15) is 0 Å². The molecule has 3 unspecified atom stereocenters. The number of amides is 3. The van der Waals surface area contributed by atoms with E-state index < -0.39 is 29.3 Å². The van der Waals surface area contributed by atoms with Gasteiger partial charge in [-0.3, -0.25) is 9.59 Å². The highest BCUT2D eigenvalue weighted by Crippen LogP contribution is 2.26. The Labute approximate surface area is 198 Å². The highest BCUT2D eigenvalue weighted by atomic mass is 16.6. The van der Waals surface area contributed by atoms with Crippen LogP contribution in [-0.2, 0) is 14.3 Å². The zero-order chi connectivity index (χ0) is 25.6. The lowest BCUT2D eigenvalue weighted by molar-refractivity contribution is -0.143. The summed E-state index contributed by atoms with van der Waals surface area (Å²) in [5, 5.41) is 15.4. The highest BCUT2D eigenvalue weighted by Gasteiger charge is 2.38. The summed E-state index contributed by atoms with van der Waals surface area (Å²) in [7, 11) is 0. The standard InChI is InChI=1S/C25H41N3O5/c1-10-16(3)19(26-23(32)33-25(7,8)9)22(31)28(11-2)20(21(30)27-24(4,5)6)17-12-14-18(29)15-13-17/h12-16,19-20,29H,10-11H2,1-9H3,(H,26,32)(H,27,30). The predicted molar refractivity (Wildman–Crippen MR) is 129 cm³/mol. The minimum Gasteiger partial charge on any atom is -0.508 e. The first-order valence-corrected chi connectivity index (χ1v) is 11.5. The zero-order valence-electron chi connectivity index (χ0n) is 21.5. The third-order valence-electron chi connectivity index (χ3n) is 5.04. The smallest absolute Gasteiger partial charge is 0.408 e. The zero-order valence-corrected chi connectivity index (χ0v) is 21.5. The molecule has 0 fully saturated rings. The van der Waals surface area contributed by atoms with E-state index >= 15 is 0 Å². The number of alkyl carbamates (subject to hydrolysis) is 1. The molecule has 1 aromatic rings. The Balaban J connectivity index is 3.39. The minimum atomic E-state index is -0.936.